The van der Waals surface area contributed by atoms with Gasteiger partial charge in [0.25, 0.3) is 11.8 Å². The van der Waals surface area contributed by atoms with Crippen molar-refractivity contribution in [3.05, 3.63) is 99.0 Å². The normalized spacial score (nSPS) is 17.1. The fraction of sp³-hybridized carbons (Fsp3) is 0.364. The molecule has 2 aromatic heterocycles. The lowest BCUT2D eigenvalue weighted by molar-refractivity contribution is 0.0695. The molecule has 2 atom stereocenters. The number of halogens is 2. The molecule has 4 aromatic rings. The molecule has 0 aliphatic heterocycles. The van der Waals surface area contributed by atoms with Crippen molar-refractivity contribution in [2.24, 2.45) is 0 Å². The molecule has 0 spiro atoms. The van der Waals surface area contributed by atoms with E-state index < -0.39 is 35.6 Å². The molecule has 2 aliphatic rings. The average molecular weight is 633 g/mol. The van der Waals surface area contributed by atoms with Crippen LogP contribution >= 0.6 is 0 Å². The maximum absolute atomic E-state index is 13.7. The molecular weight excluding hydrogens is 598 g/mol. The van der Waals surface area contributed by atoms with Gasteiger partial charge in [0.1, 0.15) is 17.5 Å². The van der Waals surface area contributed by atoms with Gasteiger partial charge < -0.3 is 20.8 Å². The fourth-order valence-electron chi connectivity index (χ4n) is 6.45. The van der Waals surface area contributed by atoms with E-state index in [1.165, 1.54) is 22.8 Å². The Hall–Kier alpha value is -4.75. The first-order chi connectivity index (χ1) is 22.1. The molecule has 0 saturated heterocycles. The van der Waals surface area contributed by atoms with Gasteiger partial charge in [0, 0.05) is 18.6 Å². The monoisotopic (exact) mass is 632 g/mol. The van der Waals surface area contributed by atoms with Gasteiger partial charge in [-0.25, -0.2) is 23.1 Å². The minimum absolute atomic E-state index is 0.0121. The predicted octanol–water partition coefficient (Wildman–Crippen LogP) is 4.27. The number of hydrogen-bond donors (Lipinski definition) is 5. The number of aliphatic hydroxyl groups is 1. The minimum atomic E-state index is -1.37. The van der Waals surface area contributed by atoms with Gasteiger partial charge in [0.2, 0.25) is 0 Å². The van der Waals surface area contributed by atoms with Gasteiger partial charge in [-0.15, -0.1) is 0 Å². The minimum Gasteiger partial charge on any atom is -0.478 e. The molecule has 2 aliphatic carbocycles. The van der Waals surface area contributed by atoms with Gasteiger partial charge in [0.15, 0.2) is 17.3 Å². The predicted molar refractivity (Wildman–Crippen MR) is 162 cm³/mol. The van der Waals surface area contributed by atoms with Gasteiger partial charge in [-0.1, -0.05) is 31.4 Å². The molecule has 2 aromatic carbocycles. The van der Waals surface area contributed by atoms with Gasteiger partial charge in [-0.05, 0) is 79.1 Å². The summed E-state index contributed by atoms with van der Waals surface area (Å²) in [4.78, 5) is 42.7. The van der Waals surface area contributed by atoms with Crippen molar-refractivity contribution >= 4 is 23.4 Å². The molecule has 2 amide bonds. The number of hydrogen-bond acceptors (Lipinski definition) is 7. The number of nitrogens with one attached hydrogen (secondary N) is 3. The van der Waals surface area contributed by atoms with E-state index >= 15 is 0 Å². The summed E-state index contributed by atoms with van der Waals surface area (Å²) in [5.41, 5.74) is 3.23. The second-order valence-electron chi connectivity index (χ2n) is 11.9. The lowest BCUT2D eigenvalue weighted by atomic mass is 9.95. The smallest absolute Gasteiger partial charge is 0.335 e. The number of rotatable bonds is 9. The van der Waals surface area contributed by atoms with Gasteiger partial charge in [-0.3, -0.25) is 14.9 Å². The molecule has 1 unspecified atom stereocenters. The summed E-state index contributed by atoms with van der Waals surface area (Å²) in [6, 6.07) is 7.63. The Morgan fingerprint density at radius 3 is 2.52 bits per heavy atom. The maximum Gasteiger partial charge on any atom is 0.335 e. The Morgan fingerprint density at radius 1 is 1.00 bits per heavy atom. The Bertz CT molecular complexity index is 1840. The number of carbonyl (C=O) groups is 3. The zero-order chi connectivity index (χ0) is 32.5. The van der Waals surface area contributed by atoms with E-state index in [9.17, 15) is 33.4 Å². The van der Waals surface area contributed by atoms with Crippen molar-refractivity contribution in [3.63, 3.8) is 0 Å². The third kappa shape index (κ3) is 6.20. The summed E-state index contributed by atoms with van der Waals surface area (Å²) in [6.45, 7) is 1.65. The van der Waals surface area contributed by atoms with E-state index in [1.807, 2.05) is 0 Å². The summed E-state index contributed by atoms with van der Waals surface area (Å²) < 4.78 is 28.4. The third-order valence-electron chi connectivity index (χ3n) is 8.92. The molecule has 240 valence electrons. The highest BCUT2D eigenvalue weighted by Crippen LogP contribution is 2.36. The molecule has 46 heavy (non-hydrogen) atoms. The Balaban J connectivity index is 1.31. The molecule has 13 heteroatoms. The molecule has 11 nitrogen and oxygen atoms in total. The summed E-state index contributed by atoms with van der Waals surface area (Å²) in [7, 11) is 0. The first-order valence-corrected chi connectivity index (χ1v) is 15.3. The molecule has 2 heterocycles. The van der Waals surface area contributed by atoms with Crippen LogP contribution in [0.5, 0.6) is 0 Å². The van der Waals surface area contributed by atoms with E-state index in [-0.39, 0.29) is 46.8 Å². The van der Waals surface area contributed by atoms with Crippen LogP contribution in [0.1, 0.15) is 110 Å². The number of carboxylic acids is 1. The van der Waals surface area contributed by atoms with Crippen LogP contribution in [0.2, 0.25) is 0 Å². The van der Waals surface area contributed by atoms with Crippen LogP contribution in [-0.2, 0) is 13.0 Å². The third-order valence-corrected chi connectivity index (χ3v) is 8.92. The van der Waals surface area contributed by atoms with Crippen LogP contribution in [-0.4, -0.2) is 48.6 Å². The lowest BCUT2D eigenvalue weighted by Crippen LogP contribution is -2.36. The van der Waals surface area contributed by atoms with E-state index in [2.05, 4.69) is 26.0 Å². The van der Waals surface area contributed by atoms with Crippen LogP contribution in [0.25, 0.3) is 5.65 Å². The molecule has 6 rings (SSSR count). The second kappa shape index (κ2) is 12.9. The van der Waals surface area contributed by atoms with Gasteiger partial charge >= 0.3 is 5.97 Å². The maximum atomic E-state index is 13.7. The quantitative estimate of drug-likeness (QED) is 0.171. The summed E-state index contributed by atoms with van der Waals surface area (Å²) in [5.74, 6) is -4.11. The van der Waals surface area contributed by atoms with Crippen LogP contribution in [0.3, 0.4) is 0 Å². The van der Waals surface area contributed by atoms with Crippen molar-refractivity contribution in [2.45, 2.75) is 76.7 Å². The van der Waals surface area contributed by atoms with Crippen molar-refractivity contribution in [3.8, 4) is 0 Å². The van der Waals surface area contributed by atoms with Crippen molar-refractivity contribution < 1.29 is 33.4 Å². The molecule has 0 bridgehead atoms. The molecule has 0 radical (unpaired) electrons. The molecule has 1 saturated carbocycles. The number of aliphatic hydroxyl groups excluding tert-OH is 1. The number of carboxylic acid groups (broad SMARTS) is 1. The standard InChI is InChI=1S/C33H34F2N6O5/c1-17-20-10-12-26(22(20)9-8-21(17)33(45)46)40-32(44)28-14-27(31(43)36-15-18-7-11-24(34)25(35)13-18)39-29-23(16-37-41(28)29)30(42)38-19-5-3-2-4-6-19/h7-9,11,13-14,16,19,26,32,40,44H,2-6,10,12,15H2,1H3,(H,36,43)(H,38,42)(H,45,46)/t26-,32?/m0/s1. The van der Waals surface area contributed by atoms with Crippen LogP contribution in [0.4, 0.5) is 8.78 Å². The van der Waals surface area contributed by atoms with Crippen molar-refractivity contribution in [1.29, 1.82) is 0 Å². The number of aromatic carboxylic acids is 1. The average Bonchev–Trinajstić information content (AvgIpc) is 3.66. The Kier molecular flexibility index (Phi) is 8.78. The highest BCUT2D eigenvalue weighted by Gasteiger charge is 2.30. The number of aromatic nitrogens is 3. The zero-order valence-corrected chi connectivity index (χ0v) is 25.1. The molecular formula is C33H34F2N6O5. The highest BCUT2D eigenvalue weighted by atomic mass is 19.2. The number of carbonyl (C=O) groups excluding carboxylic acids is 2. The largest absolute Gasteiger partial charge is 0.478 e. The zero-order valence-electron chi connectivity index (χ0n) is 25.1. The van der Waals surface area contributed by atoms with Crippen molar-refractivity contribution in [1.82, 2.24) is 30.5 Å². The van der Waals surface area contributed by atoms with E-state index in [0.717, 1.165) is 55.4 Å². The summed E-state index contributed by atoms with van der Waals surface area (Å²) >= 11 is 0. The topological polar surface area (TPSA) is 158 Å². The second-order valence-corrected chi connectivity index (χ2v) is 11.9. The van der Waals surface area contributed by atoms with Crippen LogP contribution in [0.15, 0.2) is 42.6 Å². The number of amides is 2. The molecule has 5 N–H and O–H groups in total. The summed E-state index contributed by atoms with van der Waals surface area (Å²) in [5, 5.41) is 34.2. The number of benzene rings is 2. The number of fused-ring (bicyclic) bond motifs is 2. The SMILES string of the molecule is Cc1c(C(=O)O)ccc2c1CC[C@@H]2NC(O)c1cc(C(=O)NCc2ccc(F)c(F)c2)nc2c(C(=O)NC3CCCCC3)cnn12. The lowest BCUT2D eigenvalue weighted by Gasteiger charge is -2.22. The highest BCUT2D eigenvalue weighted by molar-refractivity contribution is 6.01. The van der Waals surface area contributed by atoms with E-state index in [0.29, 0.717) is 24.0 Å². The van der Waals surface area contributed by atoms with Gasteiger partial charge in [0.05, 0.1) is 17.5 Å². The Labute approximate surface area is 263 Å². The van der Waals surface area contributed by atoms with Crippen LogP contribution < -0.4 is 16.0 Å². The molecule has 1 fully saturated rings. The Morgan fingerprint density at radius 2 is 1.78 bits per heavy atom. The van der Waals surface area contributed by atoms with E-state index in [4.69, 9.17) is 0 Å². The number of nitrogens with zero attached hydrogens (tertiary/aromatic N) is 3. The van der Waals surface area contributed by atoms with Gasteiger partial charge in [-0.2, -0.15) is 5.10 Å². The fourth-order valence-corrected chi connectivity index (χ4v) is 6.45. The van der Waals surface area contributed by atoms with Crippen molar-refractivity contribution in [2.75, 3.05) is 0 Å². The first kappa shape index (κ1) is 31.2. The first-order valence-electron chi connectivity index (χ1n) is 15.3. The van der Waals surface area contributed by atoms with Crippen LogP contribution in [0, 0.1) is 18.6 Å². The summed E-state index contributed by atoms with van der Waals surface area (Å²) in [6.07, 6.45) is 6.07. The van der Waals surface area contributed by atoms with E-state index in [1.54, 1.807) is 19.1 Å².